The quantitative estimate of drug-likeness (QED) is 0.773. The lowest BCUT2D eigenvalue weighted by Crippen LogP contribution is -2.23. The van der Waals surface area contributed by atoms with Gasteiger partial charge in [0.05, 0.1) is 6.42 Å². The summed E-state index contributed by atoms with van der Waals surface area (Å²) in [6.45, 7) is 5.74. The Bertz CT molecular complexity index is 771. The molecule has 0 heterocycles. The van der Waals surface area contributed by atoms with Crippen LogP contribution in [0.1, 0.15) is 36.5 Å². The highest BCUT2D eigenvalue weighted by atomic mass is 35.5. The van der Waals surface area contributed by atoms with Crippen LogP contribution >= 0.6 is 11.6 Å². The molecule has 132 valence electrons. The van der Waals surface area contributed by atoms with Gasteiger partial charge in [-0.15, -0.1) is 0 Å². The van der Waals surface area contributed by atoms with Gasteiger partial charge in [-0.1, -0.05) is 61.8 Å². The van der Waals surface area contributed by atoms with E-state index in [9.17, 15) is 9.59 Å². The van der Waals surface area contributed by atoms with Crippen LogP contribution in [0, 0.1) is 6.92 Å². The number of carbonyl (C=O) groups is 2. The highest BCUT2D eigenvalue weighted by Crippen LogP contribution is 2.27. The van der Waals surface area contributed by atoms with E-state index in [2.05, 4.69) is 19.2 Å². The molecule has 2 aromatic rings. The number of amides is 1. The molecule has 2 aromatic carbocycles. The number of anilines is 1. The molecule has 0 saturated heterocycles. The van der Waals surface area contributed by atoms with E-state index in [0.717, 1.165) is 16.8 Å². The van der Waals surface area contributed by atoms with E-state index in [4.69, 9.17) is 16.3 Å². The van der Waals surface area contributed by atoms with Crippen LogP contribution in [0.3, 0.4) is 0 Å². The monoisotopic (exact) mass is 359 g/mol. The third-order valence-electron chi connectivity index (χ3n) is 3.85. The van der Waals surface area contributed by atoms with Crippen LogP contribution in [0.25, 0.3) is 0 Å². The summed E-state index contributed by atoms with van der Waals surface area (Å²) in [5, 5.41) is 3.35. The van der Waals surface area contributed by atoms with Gasteiger partial charge in [0.1, 0.15) is 0 Å². The summed E-state index contributed by atoms with van der Waals surface area (Å²) >= 11 is 6.02. The number of rotatable bonds is 6. The molecule has 0 fully saturated rings. The van der Waals surface area contributed by atoms with Gasteiger partial charge in [0, 0.05) is 10.7 Å². The average molecular weight is 360 g/mol. The number of hydrogen-bond donors (Lipinski definition) is 1. The molecule has 0 aliphatic rings. The molecule has 2 rings (SSSR count). The van der Waals surface area contributed by atoms with Crippen molar-refractivity contribution in [1.29, 1.82) is 0 Å². The van der Waals surface area contributed by atoms with Gasteiger partial charge in [0.2, 0.25) is 0 Å². The lowest BCUT2D eigenvalue weighted by molar-refractivity contribution is -0.146. The zero-order valence-electron chi connectivity index (χ0n) is 14.6. The van der Waals surface area contributed by atoms with E-state index in [1.54, 1.807) is 24.3 Å². The minimum absolute atomic E-state index is 0.0363. The van der Waals surface area contributed by atoms with E-state index in [-0.39, 0.29) is 24.9 Å². The summed E-state index contributed by atoms with van der Waals surface area (Å²) in [6, 6.07) is 12.9. The standard InChI is InChI=1S/C20H22ClNO3/c1-13(2)16-9-6-7-14(3)20(16)22-18(23)12-25-19(24)11-15-8-4-5-10-17(15)21/h4-10,13H,11-12H2,1-3H3,(H,22,23). The van der Waals surface area contributed by atoms with Crippen LogP contribution in [0.4, 0.5) is 5.69 Å². The first-order chi connectivity index (χ1) is 11.9. The third-order valence-corrected chi connectivity index (χ3v) is 4.22. The summed E-state index contributed by atoms with van der Waals surface area (Å²) in [6.07, 6.45) is 0.0363. The molecule has 0 aromatic heterocycles. The number of esters is 1. The van der Waals surface area contributed by atoms with Crippen LogP contribution in [-0.2, 0) is 20.7 Å². The topological polar surface area (TPSA) is 55.4 Å². The first-order valence-electron chi connectivity index (χ1n) is 8.17. The van der Waals surface area contributed by atoms with Crippen LogP contribution in [0.2, 0.25) is 5.02 Å². The van der Waals surface area contributed by atoms with Crippen LogP contribution in [0.5, 0.6) is 0 Å². The summed E-state index contributed by atoms with van der Waals surface area (Å²) in [7, 11) is 0. The Hall–Kier alpha value is -2.33. The Balaban J connectivity index is 1.93. The highest BCUT2D eigenvalue weighted by molar-refractivity contribution is 6.31. The largest absolute Gasteiger partial charge is 0.455 e. The van der Waals surface area contributed by atoms with Crippen molar-refractivity contribution < 1.29 is 14.3 Å². The Morgan fingerprint density at radius 3 is 2.52 bits per heavy atom. The molecule has 0 radical (unpaired) electrons. The van der Waals surface area contributed by atoms with Crippen molar-refractivity contribution in [2.24, 2.45) is 0 Å². The molecule has 0 aliphatic heterocycles. The van der Waals surface area contributed by atoms with Crippen molar-refractivity contribution >= 4 is 29.2 Å². The Kier molecular flexibility index (Phi) is 6.59. The molecule has 0 bridgehead atoms. The van der Waals surface area contributed by atoms with Crippen molar-refractivity contribution in [3.05, 3.63) is 64.2 Å². The smallest absolute Gasteiger partial charge is 0.310 e. The second-order valence-electron chi connectivity index (χ2n) is 6.17. The maximum absolute atomic E-state index is 12.1. The SMILES string of the molecule is Cc1cccc(C(C)C)c1NC(=O)COC(=O)Cc1ccccc1Cl. The zero-order chi connectivity index (χ0) is 18.4. The van der Waals surface area contributed by atoms with E-state index in [0.29, 0.717) is 10.6 Å². The van der Waals surface area contributed by atoms with Crippen LogP contribution in [0.15, 0.2) is 42.5 Å². The Labute approximate surface area is 153 Å². The molecule has 1 amide bonds. The molecule has 0 atom stereocenters. The van der Waals surface area contributed by atoms with Crippen LogP contribution in [-0.4, -0.2) is 18.5 Å². The van der Waals surface area contributed by atoms with Crippen molar-refractivity contribution in [1.82, 2.24) is 0 Å². The number of halogens is 1. The molecule has 4 nitrogen and oxygen atoms in total. The fourth-order valence-electron chi connectivity index (χ4n) is 2.51. The fraction of sp³-hybridized carbons (Fsp3) is 0.300. The van der Waals surface area contributed by atoms with Crippen molar-refractivity contribution in [2.45, 2.75) is 33.1 Å². The van der Waals surface area contributed by atoms with E-state index in [1.807, 2.05) is 25.1 Å². The van der Waals surface area contributed by atoms with Gasteiger partial charge in [-0.2, -0.15) is 0 Å². The number of carbonyl (C=O) groups excluding carboxylic acids is 2. The molecule has 0 aliphatic carbocycles. The number of hydrogen-bond acceptors (Lipinski definition) is 3. The average Bonchev–Trinajstić information content (AvgIpc) is 2.56. The van der Waals surface area contributed by atoms with Gasteiger partial charge in [-0.05, 0) is 35.6 Å². The molecule has 0 saturated carbocycles. The molecule has 1 N–H and O–H groups in total. The van der Waals surface area contributed by atoms with E-state index >= 15 is 0 Å². The summed E-state index contributed by atoms with van der Waals surface area (Å²) < 4.78 is 5.07. The van der Waals surface area contributed by atoms with Gasteiger partial charge < -0.3 is 10.1 Å². The van der Waals surface area contributed by atoms with Crippen molar-refractivity contribution in [3.8, 4) is 0 Å². The maximum Gasteiger partial charge on any atom is 0.310 e. The van der Waals surface area contributed by atoms with Crippen molar-refractivity contribution in [3.63, 3.8) is 0 Å². The van der Waals surface area contributed by atoms with Gasteiger partial charge in [0.25, 0.3) is 5.91 Å². The summed E-state index contributed by atoms with van der Waals surface area (Å²) in [4.78, 5) is 24.1. The molecular formula is C20H22ClNO3. The first kappa shape index (κ1) is 19.0. The van der Waals surface area contributed by atoms with Gasteiger partial charge in [-0.25, -0.2) is 0 Å². The maximum atomic E-state index is 12.1. The number of aryl methyl sites for hydroxylation is 1. The Morgan fingerprint density at radius 1 is 1.12 bits per heavy atom. The summed E-state index contributed by atoms with van der Waals surface area (Å²) in [5.41, 5.74) is 3.48. The molecule has 5 heteroatoms. The number of nitrogens with one attached hydrogen (secondary N) is 1. The normalized spacial score (nSPS) is 10.6. The lowest BCUT2D eigenvalue weighted by atomic mass is 9.98. The van der Waals surface area contributed by atoms with E-state index in [1.165, 1.54) is 0 Å². The second kappa shape index (κ2) is 8.67. The first-order valence-corrected chi connectivity index (χ1v) is 8.54. The zero-order valence-corrected chi connectivity index (χ0v) is 15.4. The minimum Gasteiger partial charge on any atom is -0.455 e. The number of benzene rings is 2. The minimum atomic E-state index is -0.489. The number of para-hydroxylation sites is 1. The predicted octanol–water partition coefficient (Wildman–Crippen LogP) is 4.50. The Morgan fingerprint density at radius 2 is 1.84 bits per heavy atom. The van der Waals surface area contributed by atoms with Gasteiger partial charge >= 0.3 is 5.97 Å². The lowest BCUT2D eigenvalue weighted by Gasteiger charge is -2.16. The van der Waals surface area contributed by atoms with Crippen LogP contribution < -0.4 is 5.32 Å². The molecule has 0 unspecified atom stereocenters. The second-order valence-corrected chi connectivity index (χ2v) is 6.58. The highest BCUT2D eigenvalue weighted by Gasteiger charge is 2.14. The molecule has 0 spiro atoms. The molecular weight excluding hydrogens is 338 g/mol. The predicted molar refractivity (Wildman–Crippen MR) is 100 cm³/mol. The summed E-state index contributed by atoms with van der Waals surface area (Å²) in [5.74, 6) is -0.571. The third kappa shape index (κ3) is 5.33. The van der Waals surface area contributed by atoms with Crippen molar-refractivity contribution in [2.75, 3.05) is 11.9 Å². The number of ether oxygens (including phenoxy) is 1. The fourth-order valence-corrected chi connectivity index (χ4v) is 2.71. The van der Waals surface area contributed by atoms with Gasteiger partial charge in [0.15, 0.2) is 6.61 Å². The van der Waals surface area contributed by atoms with Gasteiger partial charge in [-0.3, -0.25) is 9.59 Å². The molecule has 25 heavy (non-hydrogen) atoms. The van der Waals surface area contributed by atoms with E-state index < -0.39 is 5.97 Å².